The lowest BCUT2D eigenvalue weighted by Crippen LogP contribution is -2.52. The van der Waals surface area contributed by atoms with Gasteiger partial charge in [-0.3, -0.25) is 0 Å². The minimum absolute atomic E-state index is 0.480. The first-order chi connectivity index (χ1) is 9.61. The lowest BCUT2D eigenvalue weighted by molar-refractivity contribution is -0.146. The summed E-state index contributed by atoms with van der Waals surface area (Å²) in [5, 5.41) is 11.8. The minimum Gasteiger partial charge on any atom is -0.495 e. The van der Waals surface area contributed by atoms with Crippen LogP contribution in [-0.4, -0.2) is 41.7 Å². The van der Waals surface area contributed by atoms with Crippen LogP contribution in [0, 0.1) is 0 Å². The molecule has 1 rings (SSSR count). The molecule has 116 valence electrons. The summed E-state index contributed by atoms with van der Waals surface area (Å²) >= 11 is 6.66. The van der Waals surface area contributed by atoms with E-state index in [1.165, 1.54) is 28.0 Å². The molecule has 1 aromatic rings. The van der Waals surface area contributed by atoms with Crippen molar-refractivity contribution in [3.8, 4) is 5.75 Å². The molecule has 0 unspecified atom stereocenters. The van der Waals surface area contributed by atoms with Crippen molar-refractivity contribution in [2.24, 2.45) is 0 Å². The number of likely N-dealkylation sites (N-methyl/N-ethyl adjacent to an activating group) is 1. The SMILES string of the molecule is COc1cc(NC(=O)N(C)C(C)(C)C(=O)O)c(Br)cc1Br. The van der Waals surface area contributed by atoms with Crippen LogP contribution in [0.5, 0.6) is 5.75 Å². The van der Waals surface area contributed by atoms with Gasteiger partial charge < -0.3 is 20.1 Å². The highest BCUT2D eigenvalue weighted by atomic mass is 79.9. The molecule has 0 radical (unpaired) electrons. The Hall–Kier alpha value is -1.28. The molecule has 1 aromatic carbocycles. The largest absolute Gasteiger partial charge is 0.495 e. The number of hydrogen-bond donors (Lipinski definition) is 2. The van der Waals surface area contributed by atoms with Crippen molar-refractivity contribution in [3.63, 3.8) is 0 Å². The van der Waals surface area contributed by atoms with E-state index in [-0.39, 0.29) is 0 Å². The number of carboxylic acids is 1. The zero-order valence-electron chi connectivity index (χ0n) is 12.0. The summed E-state index contributed by atoms with van der Waals surface area (Å²) in [6.07, 6.45) is 0. The maximum atomic E-state index is 12.2. The number of carbonyl (C=O) groups excluding carboxylic acids is 1. The molecular formula is C13H16Br2N2O4. The van der Waals surface area contributed by atoms with Crippen molar-refractivity contribution in [1.82, 2.24) is 4.90 Å². The predicted octanol–water partition coefficient (Wildman–Crippen LogP) is 3.55. The summed E-state index contributed by atoms with van der Waals surface area (Å²) in [4.78, 5) is 24.5. The van der Waals surface area contributed by atoms with Crippen LogP contribution < -0.4 is 10.1 Å². The van der Waals surface area contributed by atoms with E-state index in [0.717, 1.165) is 9.37 Å². The Bertz CT molecular complexity index is 576. The van der Waals surface area contributed by atoms with Gasteiger partial charge in [0.05, 0.1) is 17.3 Å². The molecule has 0 spiro atoms. The zero-order chi connectivity index (χ0) is 16.4. The van der Waals surface area contributed by atoms with E-state index in [9.17, 15) is 9.59 Å². The van der Waals surface area contributed by atoms with Crippen LogP contribution in [-0.2, 0) is 4.79 Å². The molecule has 0 aliphatic carbocycles. The van der Waals surface area contributed by atoms with Crippen molar-refractivity contribution < 1.29 is 19.4 Å². The Kier molecular flexibility index (Phi) is 5.63. The smallest absolute Gasteiger partial charge is 0.329 e. The molecule has 8 heteroatoms. The van der Waals surface area contributed by atoms with Gasteiger partial charge in [0.15, 0.2) is 0 Å². The topological polar surface area (TPSA) is 78.9 Å². The molecule has 0 saturated carbocycles. The summed E-state index contributed by atoms with van der Waals surface area (Å²) in [5.74, 6) is -0.541. The van der Waals surface area contributed by atoms with Crippen molar-refractivity contribution in [1.29, 1.82) is 0 Å². The first-order valence-corrected chi connectivity index (χ1v) is 7.51. The van der Waals surface area contributed by atoms with E-state index in [0.29, 0.717) is 15.9 Å². The first-order valence-electron chi connectivity index (χ1n) is 5.92. The van der Waals surface area contributed by atoms with Gasteiger partial charge >= 0.3 is 12.0 Å². The molecule has 0 bridgehead atoms. The van der Waals surface area contributed by atoms with Crippen LogP contribution in [0.25, 0.3) is 0 Å². The summed E-state index contributed by atoms with van der Waals surface area (Å²) in [6, 6.07) is 2.83. The highest BCUT2D eigenvalue weighted by Gasteiger charge is 2.35. The number of carbonyl (C=O) groups is 2. The third-order valence-corrected chi connectivity index (χ3v) is 4.43. The van der Waals surface area contributed by atoms with Crippen LogP contribution in [0.2, 0.25) is 0 Å². The van der Waals surface area contributed by atoms with Crippen molar-refractivity contribution >= 4 is 49.5 Å². The van der Waals surface area contributed by atoms with Gasteiger partial charge in [0.25, 0.3) is 0 Å². The molecule has 0 fully saturated rings. The summed E-state index contributed by atoms with van der Waals surface area (Å²) in [6.45, 7) is 2.90. The third kappa shape index (κ3) is 3.88. The number of hydrogen-bond acceptors (Lipinski definition) is 3. The number of rotatable bonds is 4. The van der Waals surface area contributed by atoms with Gasteiger partial charge in [-0.15, -0.1) is 0 Å². The second-order valence-electron chi connectivity index (χ2n) is 4.82. The molecular weight excluding hydrogens is 408 g/mol. The highest BCUT2D eigenvalue weighted by Crippen LogP contribution is 2.34. The quantitative estimate of drug-likeness (QED) is 0.776. The molecule has 0 saturated heterocycles. The zero-order valence-corrected chi connectivity index (χ0v) is 15.2. The molecule has 0 aliphatic rings. The average molecular weight is 424 g/mol. The van der Waals surface area contributed by atoms with Gasteiger partial charge in [-0.05, 0) is 51.8 Å². The molecule has 0 atom stereocenters. The van der Waals surface area contributed by atoms with Gasteiger partial charge in [0.1, 0.15) is 11.3 Å². The predicted molar refractivity (Wildman–Crippen MR) is 86.9 cm³/mol. The number of urea groups is 1. The molecule has 0 heterocycles. The number of nitrogens with one attached hydrogen (secondary N) is 1. The third-order valence-electron chi connectivity index (χ3n) is 3.15. The number of nitrogens with zero attached hydrogens (tertiary/aromatic N) is 1. The second-order valence-corrected chi connectivity index (χ2v) is 6.53. The highest BCUT2D eigenvalue weighted by molar-refractivity contribution is 9.11. The maximum Gasteiger partial charge on any atom is 0.329 e. The Balaban J connectivity index is 3.01. The van der Waals surface area contributed by atoms with Gasteiger partial charge in [0.2, 0.25) is 0 Å². The number of halogens is 2. The fourth-order valence-corrected chi connectivity index (χ4v) is 2.63. The van der Waals surface area contributed by atoms with Crippen molar-refractivity contribution in [3.05, 3.63) is 21.1 Å². The normalized spacial score (nSPS) is 11.0. The molecule has 6 nitrogen and oxygen atoms in total. The van der Waals surface area contributed by atoms with E-state index >= 15 is 0 Å². The number of amides is 2. The second kappa shape index (κ2) is 6.65. The van der Waals surface area contributed by atoms with Crippen molar-refractivity contribution in [2.75, 3.05) is 19.5 Å². The monoisotopic (exact) mass is 422 g/mol. The van der Waals surface area contributed by atoms with E-state index < -0.39 is 17.5 Å². The lowest BCUT2D eigenvalue weighted by atomic mass is 10.1. The van der Waals surface area contributed by atoms with Crippen LogP contribution in [0.15, 0.2) is 21.1 Å². The van der Waals surface area contributed by atoms with Crippen molar-refractivity contribution in [2.45, 2.75) is 19.4 Å². The fourth-order valence-electron chi connectivity index (χ4n) is 1.38. The van der Waals surface area contributed by atoms with Crippen LogP contribution in [0.1, 0.15) is 13.8 Å². The van der Waals surface area contributed by atoms with Gasteiger partial charge in [-0.1, -0.05) is 0 Å². The number of ether oxygens (including phenoxy) is 1. The molecule has 0 aromatic heterocycles. The standard InChI is InChI=1S/C13H16Br2N2O4/c1-13(2,11(18)19)17(3)12(20)16-9-6-10(21-4)8(15)5-7(9)14/h5-6H,1-4H3,(H,16,20)(H,18,19). The summed E-state index contributed by atoms with van der Waals surface area (Å²) < 4.78 is 6.54. The van der Waals surface area contributed by atoms with E-state index in [1.807, 2.05) is 0 Å². The van der Waals surface area contributed by atoms with Crippen LogP contribution in [0.4, 0.5) is 10.5 Å². The molecule has 2 amide bonds. The average Bonchev–Trinajstić information content (AvgIpc) is 2.40. The summed E-state index contributed by atoms with van der Waals surface area (Å²) in [5.41, 5.74) is -0.844. The number of aliphatic carboxylic acids is 1. The minimum atomic E-state index is -1.32. The van der Waals surface area contributed by atoms with E-state index in [1.54, 1.807) is 12.1 Å². The number of carboxylic acid groups (broad SMARTS) is 1. The van der Waals surface area contributed by atoms with E-state index in [4.69, 9.17) is 9.84 Å². The molecule has 2 N–H and O–H groups in total. The number of benzene rings is 1. The Labute approximate surface area is 139 Å². The van der Waals surface area contributed by atoms with Crippen LogP contribution in [0.3, 0.4) is 0 Å². The van der Waals surface area contributed by atoms with Gasteiger partial charge in [0, 0.05) is 17.6 Å². The number of anilines is 1. The maximum absolute atomic E-state index is 12.2. The van der Waals surface area contributed by atoms with E-state index in [2.05, 4.69) is 37.2 Å². The Morgan fingerprint density at radius 3 is 2.33 bits per heavy atom. The molecule has 0 aliphatic heterocycles. The lowest BCUT2D eigenvalue weighted by Gasteiger charge is -2.31. The van der Waals surface area contributed by atoms with Gasteiger partial charge in [-0.2, -0.15) is 0 Å². The summed E-state index contributed by atoms with van der Waals surface area (Å²) in [7, 11) is 2.94. The Morgan fingerprint density at radius 2 is 1.86 bits per heavy atom. The number of methoxy groups -OCH3 is 1. The first kappa shape index (κ1) is 17.8. The Morgan fingerprint density at radius 1 is 1.29 bits per heavy atom. The van der Waals surface area contributed by atoms with Crippen LogP contribution >= 0.6 is 31.9 Å². The fraction of sp³-hybridized carbons (Fsp3) is 0.385. The molecule has 21 heavy (non-hydrogen) atoms. The van der Waals surface area contributed by atoms with Gasteiger partial charge in [-0.25, -0.2) is 9.59 Å².